The van der Waals surface area contributed by atoms with Gasteiger partial charge in [0.05, 0.1) is 11.4 Å². The van der Waals surface area contributed by atoms with Crippen LogP contribution >= 0.6 is 0 Å². The second kappa shape index (κ2) is 4.51. The fourth-order valence-corrected chi connectivity index (χ4v) is 1.28. The Morgan fingerprint density at radius 1 is 1.73 bits per heavy atom. The molecule has 0 saturated carbocycles. The van der Waals surface area contributed by atoms with Crippen LogP contribution < -0.4 is 11.1 Å². The molecule has 15 heavy (non-hydrogen) atoms. The highest BCUT2D eigenvalue weighted by Gasteiger charge is 2.16. The number of anilines is 1. The maximum absolute atomic E-state index is 11.7. The predicted octanol–water partition coefficient (Wildman–Crippen LogP) is 0.0638. The number of terminal acetylenes is 1. The molecule has 0 atom stereocenters. The number of nitrogens with zero attached hydrogens (tertiary/aromatic N) is 2. The lowest BCUT2D eigenvalue weighted by molar-refractivity contribution is 0.0946. The van der Waals surface area contributed by atoms with E-state index in [2.05, 4.69) is 16.3 Å². The van der Waals surface area contributed by atoms with E-state index in [1.165, 1.54) is 4.68 Å². The molecule has 0 bridgehead atoms. The number of nitrogen functional groups attached to an aromatic ring is 1. The summed E-state index contributed by atoms with van der Waals surface area (Å²) in [5.74, 6) is 2.20. The first-order valence-corrected chi connectivity index (χ1v) is 4.58. The van der Waals surface area contributed by atoms with Gasteiger partial charge in [0.15, 0.2) is 0 Å². The first-order valence-electron chi connectivity index (χ1n) is 4.58. The van der Waals surface area contributed by atoms with Crippen LogP contribution in [0.25, 0.3) is 0 Å². The average molecular weight is 206 g/mol. The van der Waals surface area contributed by atoms with E-state index in [-0.39, 0.29) is 5.91 Å². The van der Waals surface area contributed by atoms with Crippen molar-refractivity contribution in [3.63, 3.8) is 0 Å². The molecule has 1 rings (SSSR count). The van der Waals surface area contributed by atoms with Crippen LogP contribution in [-0.4, -0.2) is 22.2 Å². The Bertz CT molecular complexity index is 414. The quantitative estimate of drug-likeness (QED) is 0.542. The summed E-state index contributed by atoms with van der Waals surface area (Å²) in [5.41, 5.74) is 7.17. The Kier molecular flexibility index (Phi) is 3.34. The molecule has 1 aromatic heterocycles. The molecule has 0 saturated heterocycles. The summed E-state index contributed by atoms with van der Waals surface area (Å²) in [6.07, 6.45) is 5.58. The third-order valence-electron chi connectivity index (χ3n) is 2.04. The smallest absolute Gasteiger partial charge is 0.271 e. The highest BCUT2D eigenvalue weighted by atomic mass is 16.2. The van der Waals surface area contributed by atoms with E-state index in [0.717, 1.165) is 0 Å². The summed E-state index contributed by atoms with van der Waals surface area (Å²) >= 11 is 0. The fourth-order valence-electron chi connectivity index (χ4n) is 1.28. The largest absolute Gasteiger partial charge is 0.395 e. The molecule has 1 heterocycles. The van der Waals surface area contributed by atoms with Crippen LogP contribution in [0.4, 0.5) is 5.69 Å². The van der Waals surface area contributed by atoms with Gasteiger partial charge in [-0.2, -0.15) is 5.10 Å². The van der Waals surface area contributed by atoms with Gasteiger partial charge in [0.1, 0.15) is 5.69 Å². The van der Waals surface area contributed by atoms with E-state index in [9.17, 15) is 4.79 Å². The van der Waals surface area contributed by atoms with Crippen LogP contribution in [-0.2, 0) is 7.05 Å². The minimum Gasteiger partial charge on any atom is -0.395 e. The van der Waals surface area contributed by atoms with Gasteiger partial charge in [-0.05, 0) is 6.92 Å². The highest BCUT2D eigenvalue weighted by Crippen LogP contribution is 2.14. The van der Waals surface area contributed by atoms with Crippen molar-refractivity contribution < 1.29 is 4.79 Å². The molecule has 1 aromatic rings. The lowest BCUT2D eigenvalue weighted by Gasteiger charge is -2.03. The van der Waals surface area contributed by atoms with Crippen molar-refractivity contribution in [1.82, 2.24) is 15.1 Å². The zero-order valence-electron chi connectivity index (χ0n) is 8.87. The Balaban J connectivity index is 2.78. The zero-order chi connectivity index (χ0) is 11.4. The van der Waals surface area contributed by atoms with Gasteiger partial charge in [-0.25, -0.2) is 0 Å². The molecule has 0 aliphatic heterocycles. The molecule has 0 spiro atoms. The number of carbonyl (C=O) groups is 1. The number of nitrogens with two attached hydrogens (primary N) is 1. The first kappa shape index (κ1) is 11.1. The number of hydrogen-bond donors (Lipinski definition) is 2. The lowest BCUT2D eigenvalue weighted by Crippen LogP contribution is -2.27. The predicted molar refractivity (Wildman–Crippen MR) is 58.1 cm³/mol. The number of rotatable bonds is 3. The van der Waals surface area contributed by atoms with Gasteiger partial charge in [0, 0.05) is 20.0 Å². The molecule has 3 N–H and O–H groups in total. The second-order valence-corrected chi connectivity index (χ2v) is 3.18. The maximum atomic E-state index is 11.7. The SMILES string of the molecule is C#CCCNC(=O)c1c(N)c(C)nn1C. The monoisotopic (exact) mass is 206 g/mol. The molecule has 5 heteroatoms. The summed E-state index contributed by atoms with van der Waals surface area (Å²) in [7, 11) is 1.68. The Morgan fingerprint density at radius 3 is 2.87 bits per heavy atom. The van der Waals surface area contributed by atoms with Gasteiger partial charge >= 0.3 is 0 Å². The molecule has 1 amide bonds. The minimum absolute atomic E-state index is 0.245. The number of amides is 1. The van der Waals surface area contributed by atoms with Crippen LogP contribution in [0.3, 0.4) is 0 Å². The van der Waals surface area contributed by atoms with Crippen LogP contribution in [0.2, 0.25) is 0 Å². The van der Waals surface area contributed by atoms with Crippen molar-refractivity contribution in [3.8, 4) is 12.3 Å². The van der Waals surface area contributed by atoms with E-state index in [1.807, 2.05) is 0 Å². The molecule has 0 unspecified atom stereocenters. The highest BCUT2D eigenvalue weighted by molar-refractivity contribution is 5.97. The van der Waals surface area contributed by atoms with Gasteiger partial charge in [-0.15, -0.1) is 12.3 Å². The number of hydrogen-bond acceptors (Lipinski definition) is 3. The average Bonchev–Trinajstić information content (AvgIpc) is 2.41. The van der Waals surface area contributed by atoms with E-state index in [4.69, 9.17) is 12.2 Å². The maximum Gasteiger partial charge on any atom is 0.271 e. The summed E-state index contributed by atoms with van der Waals surface area (Å²) in [4.78, 5) is 11.7. The Hall–Kier alpha value is -1.96. The Morgan fingerprint density at radius 2 is 2.40 bits per heavy atom. The molecule has 80 valence electrons. The third kappa shape index (κ3) is 2.29. The van der Waals surface area contributed by atoms with E-state index >= 15 is 0 Å². The molecular formula is C10H14N4O. The van der Waals surface area contributed by atoms with E-state index < -0.39 is 0 Å². The van der Waals surface area contributed by atoms with Gasteiger partial charge in [-0.3, -0.25) is 9.48 Å². The third-order valence-corrected chi connectivity index (χ3v) is 2.04. The van der Waals surface area contributed by atoms with Crippen LogP contribution in [0.5, 0.6) is 0 Å². The van der Waals surface area contributed by atoms with Gasteiger partial charge in [-0.1, -0.05) is 0 Å². The first-order chi connectivity index (χ1) is 7.07. The number of aryl methyl sites for hydroxylation is 2. The van der Waals surface area contributed by atoms with Crippen molar-refractivity contribution in [2.24, 2.45) is 7.05 Å². The summed E-state index contributed by atoms with van der Waals surface area (Å²) in [6.45, 7) is 2.20. The van der Waals surface area contributed by atoms with E-state index in [0.29, 0.717) is 30.0 Å². The second-order valence-electron chi connectivity index (χ2n) is 3.18. The van der Waals surface area contributed by atoms with Crippen molar-refractivity contribution >= 4 is 11.6 Å². The van der Waals surface area contributed by atoms with E-state index in [1.54, 1.807) is 14.0 Å². The van der Waals surface area contributed by atoms with Crippen molar-refractivity contribution in [1.29, 1.82) is 0 Å². The lowest BCUT2D eigenvalue weighted by atomic mass is 10.3. The molecule has 0 aliphatic carbocycles. The van der Waals surface area contributed by atoms with Crippen molar-refractivity contribution in [3.05, 3.63) is 11.4 Å². The van der Waals surface area contributed by atoms with Crippen LogP contribution in [0.15, 0.2) is 0 Å². The molecule has 0 aliphatic rings. The van der Waals surface area contributed by atoms with Crippen LogP contribution in [0, 0.1) is 19.3 Å². The molecule has 0 aromatic carbocycles. The summed E-state index contributed by atoms with van der Waals surface area (Å²) in [6, 6.07) is 0. The van der Waals surface area contributed by atoms with Gasteiger partial charge in [0.25, 0.3) is 5.91 Å². The number of aromatic nitrogens is 2. The fraction of sp³-hybridized carbons (Fsp3) is 0.400. The van der Waals surface area contributed by atoms with Crippen molar-refractivity contribution in [2.45, 2.75) is 13.3 Å². The van der Waals surface area contributed by atoms with Crippen molar-refractivity contribution in [2.75, 3.05) is 12.3 Å². The zero-order valence-corrected chi connectivity index (χ0v) is 8.87. The molecule has 5 nitrogen and oxygen atoms in total. The van der Waals surface area contributed by atoms with Gasteiger partial charge < -0.3 is 11.1 Å². The Labute approximate surface area is 88.6 Å². The number of carbonyl (C=O) groups excluding carboxylic acids is 1. The topological polar surface area (TPSA) is 72.9 Å². The molecule has 0 radical (unpaired) electrons. The summed E-state index contributed by atoms with van der Waals surface area (Å²) < 4.78 is 1.47. The number of nitrogens with one attached hydrogen (secondary N) is 1. The standard InChI is InChI=1S/C10H14N4O/c1-4-5-6-12-10(15)9-8(11)7(2)13-14(9)3/h1H,5-6,11H2,2-3H3,(H,12,15). The molecular weight excluding hydrogens is 192 g/mol. The van der Waals surface area contributed by atoms with Gasteiger partial charge in [0.2, 0.25) is 0 Å². The minimum atomic E-state index is -0.245. The normalized spacial score (nSPS) is 9.67. The molecule has 0 fully saturated rings. The summed E-state index contributed by atoms with van der Waals surface area (Å²) in [5, 5.41) is 6.72. The van der Waals surface area contributed by atoms with Crippen LogP contribution in [0.1, 0.15) is 22.6 Å².